The summed E-state index contributed by atoms with van der Waals surface area (Å²) in [6.07, 6.45) is 3.73. The quantitative estimate of drug-likeness (QED) is 0.184. The maximum Gasteiger partial charge on any atom is 0.257 e. The van der Waals surface area contributed by atoms with Gasteiger partial charge in [0, 0.05) is 43.4 Å². The fraction of sp³-hybridized carbons (Fsp3) is 0.367. The molecule has 0 aliphatic heterocycles. The second-order valence-corrected chi connectivity index (χ2v) is 10.6. The van der Waals surface area contributed by atoms with E-state index in [-0.39, 0.29) is 51.7 Å². The molecule has 8 nitrogen and oxygen atoms in total. The average molecular weight is 587 g/mol. The molecule has 1 fully saturated rings. The number of anilines is 1. The van der Waals surface area contributed by atoms with Crippen LogP contribution in [0.15, 0.2) is 47.7 Å². The van der Waals surface area contributed by atoms with Crippen LogP contribution in [0.2, 0.25) is 5.02 Å². The summed E-state index contributed by atoms with van der Waals surface area (Å²) in [4.78, 5) is 51.8. The number of allylic oxidation sites excluding steroid dienone is 1. The molecule has 41 heavy (non-hydrogen) atoms. The monoisotopic (exact) mass is 586 g/mol. The van der Waals surface area contributed by atoms with Crippen LogP contribution in [0.3, 0.4) is 0 Å². The predicted molar refractivity (Wildman–Crippen MR) is 153 cm³/mol. The van der Waals surface area contributed by atoms with Gasteiger partial charge in [-0.25, -0.2) is 8.78 Å². The molecule has 1 aliphatic rings. The van der Waals surface area contributed by atoms with Crippen molar-refractivity contribution in [2.75, 3.05) is 11.9 Å². The van der Waals surface area contributed by atoms with Crippen molar-refractivity contribution in [3.8, 4) is 0 Å². The first-order chi connectivity index (χ1) is 19.4. The molecule has 0 spiro atoms. The number of hydrogen-bond acceptors (Lipinski definition) is 6. The molecule has 2 aromatic carbocycles. The van der Waals surface area contributed by atoms with Gasteiger partial charge in [-0.1, -0.05) is 17.7 Å². The Morgan fingerprint density at radius 1 is 1.02 bits per heavy atom. The second kappa shape index (κ2) is 14.1. The van der Waals surface area contributed by atoms with Crippen molar-refractivity contribution < 1.29 is 28.0 Å². The van der Waals surface area contributed by atoms with E-state index < -0.39 is 35.8 Å². The maximum absolute atomic E-state index is 14.0. The lowest BCUT2D eigenvalue weighted by molar-refractivity contribution is -0.126. The molecule has 0 heterocycles. The van der Waals surface area contributed by atoms with E-state index in [0.29, 0.717) is 37.4 Å². The van der Waals surface area contributed by atoms with Crippen molar-refractivity contribution in [2.45, 2.75) is 59.0 Å². The number of nitrogens with zero attached hydrogens (tertiary/aromatic N) is 1. The van der Waals surface area contributed by atoms with E-state index in [1.165, 1.54) is 19.1 Å². The third kappa shape index (κ3) is 8.53. The van der Waals surface area contributed by atoms with E-state index in [1.54, 1.807) is 19.9 Å². The number of carbonyl (C=O) groups is 4. The highest BCUT2D eigenvalue weighted by atomic mass is 35.5. The first kappa shape index (κ1) is 31.6. The minimum Gasteiger partial charge on any atom is -0.385 e. The fourth-order valence-electron chi connectivity index (χ4n) is 5.00. The standard InChI is InChI=1S/C30H33ClF2N4O4/c1-17(35-24-9-7-21(8-10-24)18(2)38)25(14-34)30(41)37(15-20-11-22(32)13-23(33)12-20)16-28(40)29-26(31)5-4-6-27(29)36-19(3)39/h4-6,11-14,21,24,34-35H,7-10,15-16H2,1-3H3,(H,36,39)/b25-17+,34-14?/t21-,24-. The molecule has 218 valence electrons. The van der Waals surface area contributed by atoms with Crippen LogP contribution in [0, 0.1) is 23.0 Å². The van der Waals surface area contributed by atoms with Crippen LogP contribution in [0.5, 0.6) is 0 Å². The van der Waals surface area contributed by atoms with E-state index in [1.807, 2.05) is 0 Å². The van der Waals surface area contributed by atoms with Crippen LogP contribution in [-0.4, -0.2) is 47.1 Å². The summed E-state index contributed by atoms with van der Waals surface area (Å²) in [7, 11) is 0. The molecule has 0 bridgehead atoms. The molecular weight excluding hydrogens is 554 g/mol. The molecule has 1 saturated carbocycles. The lowest BCUT2D eigenvalue weighted by Gasteiger charge is -2.30. The van der Waals surface area contributed by atoms with Gasteiger partial charge in [0.15, 0.2) is 5.78 Å². The number of hydrogen-bond donors (Lipinski definition) is 3. The van der Waals surface area contributed by atoms with Crippen molar-refractivity contribution in [2.24, 2.45) is 5.92 Å². The molecule has 2 amide bonds. The van der Waals surface area contributed by atoms with Gasteiger partial charge in [-0.15, -0.1) is 0 Å². The maximum atomic E-state index is 14.0. The molecule has 0 unspecified atom stereocenters. The van der Waals surface area contributed by atoms with E-state index in [2.05, 4.69) is 10.6 Å². The van der Waals surface area contributed by atoms with Crippen LogP contribution < -0.4 is 10.6 Å². The Bertz CT molecular complexity index is 1370. The number of benzene rings is 2. The summed E-state index contributed by atoms with van der Waals surface area (Å²) >= 11 is 6.30. The third-order valence-corrected chi connectivity index (χ3v) is 7.34. The minimum atomic E-state index is -0.848. The Hall–Kier alpha value is -3.92. The predicted octanol–water partition coefficient (Wildman–Crippen LogP) is 5.45. The molecule has 3 N–H and O–H groups in total. The molecule has 2 aromatic rings. The lowest BCUT2D eigenvalue weighted by atomic mass is 9.84. The van der Waals surface area contributed by atoms with Crippen molar-refractivity contribution in [3.63, 3.8) is 0 Å². The molecule has 0 saturated heterocycles. The number of rotatable bonds is 11. The summed E-state index contributed by atoms with van der Waals surface area (Å²) < 4.78 is 28.0. The van der Waals surface area contributed by atoms with Gasteiger partial charge in [-0.2, -0.15) is 0 Å². The molecule has 0 radical (unpaired) electrons. The van der Waals surface area contributed by atoms with Crippen molar-refractivity contribution >= 4 is 46.9 Å². The zero-order valence-electron chi connectivity index (χ0n) is 23.2. The zero-order chi connectivity index (χ0) is 30.3. The van der Waals surface area contributed by atoms with Crippen LogP contribution in [0.4, 0.5) is 14.5 Å². The van der Waals surface area contributed by atoms with Crippen LogP contribution in [0.25, 0.3) is 0 Å². The highest BCUT2D eigenvalue weighted by Gasteiger charge is 2.28. The van der Waals surface area contributed by atoms with Gasteiger partial charge in [0.2, 0.25) is 5.91 Å². The van der Waals surface area contributed by atoms with Gasteiger partial charge in [0.1, 0.15) is 17.4 Å². The summed E-state index contributed by atoms with van der Waals surface area (Å²) in [5.74, 6) is -3.30. The smallest absolute Gasteiger partial charge is 0.257 e. The Morgan fingerprint density at radius 2 is 1.66 bits per heavy atom. The van der Waals surface area contributed by atoms with Crippen molar-refractivity contribution in [1.82, 2.24) is 10.2 Å². The van der Waals surface area contributed by atoms with Gasteiger partial charge in [0.05, 0.1) is 28.4 Å². The lowest BCUT2D eigenvalue weighted by Crippen LogP contribution is -2.39. The summed E-state index contributed by atoms with van der Waals surface area (Å²) in [5.41, 5.74) is 0.592. The number of ketones is 2. The minimum absolute atomic E-state index is 0.0101. The first-order valence-corrected chi connectivity index (χ1v) is 13.6. The molecule has 1 aliphatic carbocycles. The SMILES string of the molecule is CC(=O)Nc1cccc(Cl)c1C(=O)CN(Cc1cc(F)cc(F)c1)C(=O)/C(C=N)=C(\C)N[C@H]1CC[C@H](C(C)=O)CC1. The van der Waals surface area contributed by atoms with E-state index in [9.17, 15) is 28.0 Å². The second-order valence-electron chi connectivity index (χ2n) is 10.2. The molecule has 3 rings (SSSR count). The largest absolute Gasteiger partial charge is 0.385 e. The molecular formula is C30H33ClF2N4O4. The third-order valence-electron chi connectivity index (χ3n) is 7.02. The number of carbonyl (C=O) groups excluding carboxylic acids is 4. The number of nitrogens with one attached hydrogen (secondary N) is 3. The van der Waals surface area contributed by atoms with E-state index in [0.717, 1.165) is 23.2 Å². The van der Waals surface area contributed by atoms with Gasteiger partial charge < -0.3 is 20.9 Å². The highest BCUT2D eigenvalue weighted by molar-refractivity contribution is 6.35. The number of Topliss-reactive ketones (excluding diaryl/α,β-unsaturated/α-hetero) is 2. The van der Waals surface area contributed by atoms with Crippen LogP contribution in [-0.2, 0) is 20.9 Å². The summed E-state index contributed by atoms with van der Waals surface area (Å²) in [6.45, 7) is 3.60. The Balaban J connectivity index is 1.93. The number of halogens is 3. The fourth-order valence-corrected chi connectivity index (χ4v) is 5.28. The first-order valence-electron chi connectivity index (χ1n) is 13.2. The van der Waals surface area contributed by atoms with Crippen LogP contribution in [0.1, 0.15) is 62.4 Å². The normalized spacial score (nSPS) is 17.2. The summed E-state index contributed by atoms with van der Waals surface area (Å²) in [5, 5.41) is 13.8. The van der Waals surface area contributed by atoms with Gasteiger partial charge >= 0.3 is 0 Å². The Labute approximate surface area is 242 Å². The molecule has 11 heteroatoms. The Morgan fingerprint density at radius 3 is 2.22 bits per heavy atom. The van der Waals surface area contributed by atoms with Gasteiger partial charge in [-0.3, -0.25) is 19.2 Å². The molecule has 0 aromatic heterocycles. The summed E-state index contributed by atoms with van der Waals surface area (Å²) in [6, 6.07) is 7.30. The highest BCUT2D eigenvalue weighted by Crippen LogP contribution is 2.27. The zero-order valence-corrected chi connectivity index (χ0v) is 23.9. The molecule has 0 atom stereocenters. The van der Waals surface area contributed by atoms with Gasteiger partial charge in [-0.05, 0) is 69.4 Å². The van der Waals surface area contributed by atoms with E-state index >= 15 is 0 Å². The van der Waals surface area contributed by atoms with E-state index in [4.69, 9.17) is 17.0 Å². The van der Waals surface area contributed by atoms with Crippen molar-refractivity contribution in [3.05, 3.63) is 75.5 Å². The van der Waals surface area contributed by atoms with Crippen molar-refractivity contribution in [1.29, 1.82) is 5.41 Å². The van der Waals surface area contributed by atoms with Gasteiger partial charge in [0.25, 0.3) is 5.91 Å². The Kier molecular flexibility index (Phi) is 10.9. The topological polar surface area (TPSA) is 119 Å². The number of amides is 2. The van der Waals surface area contributed by atoms with Crippen LogP contribution >= 0.6 is 11.6 Å². The average Bonchev–Trinajstić information content (AvgIpc) is 2.88.